The summed E-state index contributed by atoms with van der Waals surface area (Å²) in [5, 5.41) is 10.5. The van der Waals surface area contributed by atoms with Crippen LogP contribution in [0.1, 0.15) is 15.9 Å². The molecule has 0 fully saturated rings. The lowest BCUT2D eigenvalue weighted by atomic mass is 10.2. The highest BCUT2D eigenvalue weighted by Gasteiger charge is 2.16. The summed E-state index contributed by atoms with van der Waals surface area (Å²) in [6.45, 7) is 0. The Balaban J connectivity index is 1.88. The summed E-state index contributed by atoms with van der Waals surface area (Å²) in [6, 6.07) is 15.5. The Labute approximate surface area is 130 Å². The molecule has 0 bridgehead atoms. The van der Waals surface area contributed by atoms with Crippen LogP contribution in [0, 0.1) is 0 Å². The van der Waals surface area contributed by atoms with Crippen molar-refractivity contribution >= 4 is 27.8 Å². The predicted octanol–water partition coefficient (Wildman–Crippen LogP) is 3.57. The number of rotatable bonds is 3. The van der Waals surface area contributed by atoms with Gasteiger partial charge in [0, 0.05) is 11.3 Å². The van der Waals surface area contributed by atoms with Crippen LogP contribution in [-0.4, -0.2) is 10.2 Å². The highest BCUT2D eigenvalue weighted by molar-refractivity contribution is 8.13. The summed E-state index contributed by atoms with van der Waals surface area (Å²) in [5.41, 5.74) is 0.364. The zero-order valence-electron chi connectivity index (χ0n) is 11.5. The second kappa shape index (κ2) is 6.07. The minimum Gasteiger partial charge on any atom is -0.507 e. The fourth-order valence-electron chi connectivity index (χ4n) is 2.09. The average Bonchev–Trinajstić information content (AvgIpc) is 2.55. The first-order valence-corrected chi connectivity index (χ1v) is 7.61. The Bertz CT molecular complexity index is 884. The first kappa shape index (κ1) is 14.4. The van der Waals surface area contributed by atoms with Gasteiger partial charge in [-0.05, 0) is 12.1 Å². The molecular weight excluding hydrogens is 300 g/mol. The minimum atomic E-state index is -0.621. The molecule has 0 aliphatic rings. The van der Waals surface area contributed by atoms with Gasteiger partial charge in [-0.1, -0.05) is 54.2 Å². The van der Waals surface area contributed by atoms with Gasteiger partial charge in [0.2, 0.25) is 5.12 Å². The van der Waals surface area contributed by atoms with Crippen LogP contribution in [0.5, 0.6) is 5.75 Å². The molecule has 1 aromatic heterocycles. The maximum Gasteiger partial charge on any atom is 0.344 e. The second-order valence-corrected chi connectivity index (χ2v) is 5.60. The fourth-order valence-corrected chi connectivity index (χ4v) is 2.93. The van der Waals surface area contributed by atoms with E-state index >= 15 is 0 Å². The zero-order valence-corrected chi connectivity index (χ0v) is 12.3. The number of benzene rings is 2. The summed E-state index contributed by atoms with van der Waals surface area (Å²) in [5.74, 6) is -0.0626. The van der Waals surface area contributed by atoms with E-state index in [1.54, 1.807) is 48.5 Å². The van der Waals surface area contributed by atoms with E-state index in [2.05, 4.69) is 0 Å². The molecule has 2 aromatic carbocycles. The van der Waals surface area contributed by atoms with Gasteiger partial charge >= 0.3 is 5.63 Å². The van der Waals surface area contributed by atoms with Crippen LogP contribution in [0.2, 0.25) is 0 Å². The minimum absolute atomic E-state index is 0.0622. The quantitative estimate of drug-likeness (QED) is 0.749. The van der Waals surface area contributed by atoms with E-state index in [0.717, 1.165) is 11.8 Å². The molecule has 0 spiro atoms. The second-order valence-electron chi connectivity index (χ2n) is 4.65. The zero-order chi connectivity index (χ0) is 15.5. The van der Waals surface area contributed by atoms with Gasteiger partial charge in [0.05, 0.1) is 10.9 Å². The first-order valence-electron chi connectivity index (χ1n) is 6.62. The molecule has 0 amide bonds. The first-order chi connectivity index (χ1) is 10.7. The third-order valence-corrected chi connectivity index (χ3v) is 4.17. The number of thioether (sulfide) groups is 1. The molecule has 0 unspecified atom stereocenters. The van der Waals surface area contributed by atoms with Gasteiger partial charge in [0.15, 0.2) is 0 Å². The average molecular weight is 312 g/mol. The number of carbonyl (C=O) groups is 1. The number of aromatic hydroxyl groups is 1. The lowest BCUT2D eigenvalue weighted by Crippen LogP contribution is -2.07. The van der Waals surface area contributed by atoms with Crippen LogP contribution in [0.15, 0.2) is 63.8 Å². The van der Waals surface area contributed by atoms with Gasteiger partial charge in [0.25, 0.3) is 0 Å². The molecule has 3 aromatic rings. The largest absolute Gasteiger partial charge is 0.507 e. The molecule has 0 radical (unpaired) electrons. The molecule has 5 heteroatoms. The monoisotopic (exact) mass is 312 g/mol. The van der Waals surface area contributed by atoms with E-state index in [1.165, 1.54) is 0 Å². The third-order valence-electron chi connectivity index (χ3n) is 3.23. The van der Waals surface area contributed by atoms with Crippen LogP contribution in [-0.2, 0) is 5.75 Å². The molecule has 1 heterocycles. The van der Waals surface area contributed by atoms with Crippen molar-refractivity contribution in [1.29, 1.82) is 0 Å². The molecule has 0 aliphatic carbocycles. The summed E-state index contributed by atoms with van der Waals surface area (Å²) in [4.78, 5) is 24.0. The van der Waals surface area contributed by atoms with E-state index < -0.39 is 5.63 Å². The van der Waals surface area contributed by atoms with Gasteiger partial charge in [-0.3, -0.25) is 4.79 Å². The number of fused-ring (bicyclic) bond motifs is 1. The Morgan fingerprint density at radius 2 is 1.73 bits per heavy atom. The van der Waals surface area contributed by atoms with E-state index in [1.807, 2.05) is 6.07 Å². The summed E-state index contributed by atoms with van der Waals surface area (Å²) < 4.78 is 5.17. The van der Waals surface area contributed by atoms with Crippen LogP contribution < -0.4 is 5.63 Å². The van der Waals surface area contributed by atoms with Gasteiger partial charge < -0.3 is 9.52 Å². The van der Waals surface area contributed by atoms with E-state index in [4.69, 9.17) is 4.42 Å². The molecular formula is C17H12O4S. The lowest BCUT2D eigenvalue weighted by Gasteiger charge is -2.05. The molecule has 0 saturated heterocycles. The van der Waals surface area contributed by atoms with Crippen molar-refractivity contribution in [2.24, 2.45) is 0 Å². The van der Waals surface area contributed by atoms with Crippen molar-refractivity contribution in [3.8, 4) is 5.75 Å². The fraction of sp³-hybridized carbons (Fsp3) is 0.0588. The molecule has 0 atom stereocenters. The van der Waals surface area contributed by atoms with Crippen molar-refractivity contribution in [3.63, 3.8) is 0 Å². The molecule has 4 nitrogen and oxygen atoms in total. The van der Waals surface area contributed by atoms with Crippen LogP contribution >= 0.6 is 11.8 Å². The van der Waals surface area contributed by atoms with Gasteiger partial charge in [-0.2, -0.15) is 0 Å². The summed E-state index contributed by atoms with van der Waals surface area (Å²) in [7, 11) is 0. The lowest BCUT2D eigenvalue weighted by molar-refractivity contribution is 0.108. The Morgan fingerprint density at radius 1 is 1.05 bits per heavy atom. The van der Waals surface area contributed by atoms with E-state index in [9.17, 15) is 14.7 Å². The SMILES string of the molecule is O=C(SCc1c(O)c2ccccc2oc1=O)c1ccccc1. The van der Waals surface area contributed by atoms with Crippen molar-refractivity contribution < 1.29 is 14.3 Å². The van der Waals surface area contributed by atoms with Gasteiger partial charge in [-0.15, -0.1) is 0 Å². The van der Waals surface area contributed by atoms with E-state index in [-0.39, 0.29) is 22.2 Å². The van der Waals surface area contributed by atoms with Gasteiger partial charge in [0.1, 0.15) is 11.3 Å². The smallest absolute Gasteiger partial charge is 0.344 e. The Hall–Kier alpha value is -2.53. The van der Waals surface area contributed by atoms with Crippen LogP contribution in [0.3, 0.4) is 0 Å². The molecule has 22 heavy (non-hydrogen) atoms. The van der Waals surface area contributed by atoms with Crippen molar-refractivity contribution in [3.05, 3.63) is 76.1 Å². The predicted molar refractivity (Wildman–Crippen MR) is 86.2 cm³/mol. The van der Waals surface area contributed by atoms with E-state index in [0.29, 0.717) is 16.5 Å². The molecule has 110 valence electrons. The number of hydrogen-bond donors (Lipinski definition) is 1. The number of carbonyl (C=O) groups excluding carboxylic acids is 1. The highest BCUT2D eigenvalue weighted by atomic mass is 32.2. The highest BCUT2D eigenvalue weighted by Crippen LogP contribution is 2.29. The normalized spacial score (nSPS) is 10.7. The maximum absolute atomic E-state index is 12.1. The Kier molecular flexibility index (Phi) is 3.98. The molecule has 3 rings (SSSR count). The van der Waals surface area contributed by atoms with Crippen molar-refractivity contribution in [2.45, 2.75) is 5.75 Å². The standard InChI is InChI=1S/C17H12O4S/c18-15-12-8-4-5-9-14(12)21-16(19)13(15)10-22-17(20)11-6-2-1-3-7-11/h1-9,18H,10H2. The molecule has 1 N–H and O–H groups in total. The van der Waals surface area contributed by atoms with Gasteiger partial charge in [-0.25, -0.2) is 4.79 Å². The number of hydrogen-bond acceptors (Lipinski definition) is 5. The van der Waals surface area contributed by atoms with Crippen LogP contribution in [0.25, 0.3) is 11.0 Å². The number of para-hydroxylation sites is 1. The van der Waals surface area contributed by atoms with Crippen molar-refractivity contribution in [1.82, 2.24) is 0 Å². The molecule has 0 aliphatic heterocycles. The Morgan fingerprint density at radius 3 is 2.50 bits per heavy atom. The maximum atomic E-state index is 12.1. The van der Waals surface area contributed by atoms with Crippen LogP contribution in [0.4, 0.5) is 0 Å². The van der Waals surface area contributed by atoms with Crippen molar-refractivity contribution in [2.75, 3.05) is 0 Å². The topological polar surface area (TPSA) is 67.5 Å². The summed E-state index contributed by atoms with van der Waals surface area (Å²) in [6.07, 6.45) is 0. The third kappa shape index (κ3) is 2.76. The summed E-state index contributed by atoms with van der Waals surface area (Å²) >= 11 is 0.961. The molecule has 0 saturated carbocycles.